The van der Waals surface area contributed by atoms with Gasteiger partial charge in [0.15, 0.2) is 5.11 Å². The van der Waals surface area contributed by atoms with Crippen LogP contribution >= 0.6 is 35.4 Å². The third-order valence-corrected chi connectivity index (χ3v) is 4.30. The fraction of sp³-hybridized carbons (Fsp3) is 0.0588. The Morgan fingerprint density at radius 2 is 1.83 bits per heavy atom. The molecule has 1 aromatic heterocycles. The molecule has 0 saturated heterocycles. The maximum atomic E-state index is 6.14. The van der Waals surface area contributed by atoms with E-state index < -0.39 is 0 Å². The second-order valence-electron chi connectivity index (χ2n) is 5.09. The molecule has 3 rings (SSSR count). The molecule has 0 spiro atoms. The number of rotatable bonds is 4. The standard InChI is InChI=1S/C17H14Cl2N4S/c18-14-7-4-8-15(16(14)19)22-17(24)21-13-9-20-23(11-13)10-12-5-2-1-3-6-12/h1-9,11H,10H2,(H2,21,22,24). The molecule has 7 heteroatoms. The van der Waals surface area contributed by atoms with Crippen molar-refractivity contribution in [1.82, 2.24) is 9.78 Å². The molecule has 0 fully saturated rings. The number of hydrogen-bond donors (Lipinski definition) is 2. The number of aromatic nitrogens is 2. The minimum absolute atomic E-state index is 0.415. The van der Waals surface area contributed by atoms with Crippen LogP contribution in [0.25, 0.3) is 0 Å². The summed E-state index contributed by atoms with van der Waals surface area (Å²) in [5, 5.41) is 11.7. The zero-order valence-corrected chi connectivity index (χ0v) is 14.9. The van der Waals surface area contributed by atoms with Crippen LogP contribution in [0.3, 0.4) is 0 Å². The molecular weight excluding hydrogens is 363 g/mol. The number of halogens is 2. The summed E-state index contributed by atoms with van der Waals surface area (Å²) in [6.45, 7) is 0.697. The average Bonchev–Trinajstić information content (AvgIpc) is 2.99. The summed E-state index contributed by atoms with van der Waals surface area (Å²) < 4.78 is 1.84. The van der Waals surface area contributed by atoms with Gasteiger partial charge < -0.3 is 10.6 Å². The molecule has 122 valence electrons. The van der Waals surface area contributed by atoms with E-state index in [0.717, 1.165) is 5.69 Å². The molecule has 0 saturated carbocycles. The maximum absolute atomic E-state index is 6.14. The van der Waals surface area contributed by atoms with Crippen LogP contribution in [0.5, 0.6) is 0 Å². The second kappa shape index (κ2) is 7.66. The molecule has 0 radical (unpaired) electrons. The highest BCUT2D eigenvalue weighted by molar-refractivity contribution is 7.80. The van der Waals surface area contributed by atoms with E-state index in [2.05, 4.69) is 27.9 Å². The third kappa shape index (κ3) is 4.26. The van der Waals surface area contributed by atoms with Crippen molar-refractivity contribution < 1.29 is 0 Å². The van der Waals surface area contributed by atoms with Gasteiger partial charge in [0, 0.05) is 6.20 Å². The van der Waals surface area contributed by atoms with Crippen LogP contribution < -0.4 is 10.6 Å². The van der Waals surface area contributed by atoms with Gasteiger partial charge >= 0.3 is 0 Å². The number of benzene rings is 2. The smallest absolute Gasteiger partial charge is 0.175 e. The Hall–Kier alpha value is -2.08. The van der Waals surface area contributed by atoms with E-state index in [9.17, 15) is 0 Å². The summed E-state index contributed by atoms with van der Waals surface area (Å²) in [7, 11) is 0. The molecule has 24 heavy (non-hydrogen) atoms. The van der Waals surface area contributed by atoms with E-state index >= 15 is 0 Å². The van der Waals surface area contributed by atoms with Gasteiger partial charge in [-0.1, -0.05) is 59.6 Å². The molecule has 0 atom stereocenters. The van der Waals surface area contributed by atoms with Crippen molar-refractivity contribution in [1.29, 1.82) is 0 Å². The molecule has 0 amide bonds. The SMILES string of the molecule is S=C(Nc1cnn(Cc2ccccc2)c1)Nc1cccc(Cl)c1Cl. The fourth-order valence-corrected chi connectivity index (χ4v) is 2.75. The summed E-state index contributed by atoms with van der Waals surface area (Å²) >= 11 is 17.4. The van der Waals surface area contributed by atoms with Crippen LogP contribution in [0.4, 0.5) is 11.4 Å². The van der Waals surface area contributed by atoms with E-state index in [4.69, 9.17) is 35.4 Å². The minimum Gasteiger partial charge on any atom is -0.331 e. The van der Waals surface area contributed by atoms with Gasteiger partial charge in [-0.2, -0.15) is 5.10 Å². The minimum atomic E-state index is 0.415. The van der Waals surface area contributed by atoms with E-state index in [1.54, 1.807) is 24.4 Å². The topological polar surface area (TPSA) is 41.9 Å². The predicted octanol–water partition coefficient (Wildman–Crippen LogP) is 5.05. The van der Waals surface area contributed by atoms with Crippen LogP contribution in [-0.4, -0.2) is 14.9 Å². The van der Waals surface area contributed by atoms with Crippen molar-refractivity contribution in [2.24, 2.45) is 0 Å². The number of thiocarbonyl (C=S) groups is 1. The number of hydrogen-bond acceptors (Lipinski definition) is 2. The van der Waals surface area contributed by atoms with E-state index in [0.29, 0.717) is 27.4 Å². The molecule has 0 unspecified atom stereocenters. The summed E-state index contributed by atoms with van der Waals surface area (Å²) in [4.78, 5) is 0. The van der Waals surface area contributed by atoms with Crippen LogP contribution in [0.15, 0.2) is 60.9 Å². The Morgan fingerprint density at radius 1 is 1.04 bits per heavy atom. The third-order valence-electron chi connectivity index (χ3n) is 3.28. The Balaban J connectivity index is 1.62. The quantitative estimate of drug-likeness (QED) is 0.625. The van der Waals surface area contributed by atoms with Crippen LogP contribution in [0.1, 0.15) is 5.56 Å². The first kappa shape index (κ1) is 16.8. The van der Waals surface area contributed by atoms with E-state index in [1.807, 2.05) is 29.1 Å². The Kier molecular flexibility index (Phi) is 5.35. The molecule has 0 aliphatic rings. The first-order valence-electron chi connectivity index (χ1n) is 7.20. The normalized spacial score (nSPS) is 10.4. The number of nitrogens with zero attached hydrogens (tertiary/aromatic N) is 2. The highest BCUT2D eigenvalue weighted by atomic mass is 35.5. The Labute approximate surface area is 155 Å². The highest BCUT2D eigenvalue weighted by Gasteiger charge is 2.07. The first-order valence-corrected chi connectivity index (χ1v) is 8.36. The summed E-state index contributed by atoms with van der Waals surface area (Å²) in [6, 6.07) is 15.4. The molecule has 0 bridgehead atoms. The van der Waals surface area contributed by atoms with E-state index in [-0.39, 0.29) is 0 Å². The molecule has 3 aromatic rings. The van der Waals surface area contributed by atoms with Gasteiger partial charge in [0.25, 0.3) is 0 Å². The lowest BCUT2D eigenvalue weighted by Gasteiger charge is -2.11. The lowest BCUT2D eigenvalue weighted by atomic mass is 10.2. The zero-order chi connectivity index (χ0) is 16.9. The van der Waals surface area contributed by atoms with Gasteiger partial charge in [-0.15, -0.1) is 0 Å². The van der Waals surface area contributed by atoms with Crippen molar-refractivity contribution in [3.8, 4) is 0 Å². The van der Waals surface area contributed by atoms with Crippen molar-refractivity contribution in [2.45, 2.75) is 6.54 Å². The number of anilines is 2. The summed E-state index contributed by atoms with van der Waals surface area (Å²) in [6.07, 6.45) is 3.61. The summed E-state index contributed by atoms with van der Waals surface area (Å²) in [5.74, 6) is 0. The molecule has 0 aliphatic carbocycles. The highest BCUT2D eigenvalue weighted by Crippen LogP contribution is 2.29. The summed E-state index contributed by atoms with van der Waals surface area (Å²) in [5.41, 5.74) is 2.62. The van der Waals surface area contributed by atoms with Crippen molar-refractivity contribution >= 4 is 51.9 Å². The zero-order valence-electron chi connectivity index (χ0n) is 12.5. The predicted molar refractivity (Wildman–Crippen MR) is 104 cm³/mol. The number of nitrogens with one attached hydrogen (secondary N) is 2. The molecule has 1 heterocycles. The van der Waals surface area contributed by atoms with E-state index in [1.165, 1.54) is 5.56 Å². The van der Waals surface area contributed by atoms with Crippen molar-refractivity contribution in [2.75, 3.05) is 10.6 Å². The van der Waals surface area contributed by atoms with Gasteiger partial charge in [0.2, 0.25) is 0 Å². The lowest BCUT2D eigenvalue weighted by molar-refractivity contribution is 0.687. The lowest BCUT2D eigenvalue weighted by Crippen LogP contribution is -2.19. The Bertz CT molecular complexity index is 849. The van der Waals surface area contributed by atoms with Crippen LogP contribution in [0, 0.1) is 0 Å². The molecule has 0 aliphatic heterocycles. The monoisotopic (exact) mass is 376 g/mol. The molecule has 2 N–H and O–H groups in total. The van der Waals surface area contributed by atoms with Crippen LogP contribution in [0.2, 0.25) is 10.0 Å². The largest absolute Gasteiger partial charge is 0.331 e. The van der Waals surface area contributed by atoms with Gasteiger partial charge in [-0.25, -0.2) is 0 Å². The maximum Gasteiger partial charge on any atom is 0.175 e. The molecule has 2 aromatic carbocycles. The van der Waals surface area contributed by atoms with Crippen molar-refractivity contribution in [3.63, 3.8) is 0 Å². The van der Waals surface area contributed by atoms with Gasteiger partial charge in [0.1, 0.15) is 0 Å². The van der Waals surface area contributed by atoms with Crippen LogP contribution in [-0.2, 0) is 6.54 Å². The average molecular weight is 377 g/mol. The Morgan fingerprint density at radius 3 is 2.62 bits per heavy atom. The molecular formula is C17H14Cl2N4S. The second-order valence-corrected chi connectivity index (χ2v) is 6.29. The fourth-order valence-electron chi connectivity index (χ4n) is 2.17. The first-order chi connectivity index (χ1) is 11.6. The van der Waals surface area contributed by atoms with Gasteiger partial charge in [-0.3, -0.25) is 4.68 Å². The molecule has 4 nitrogen and oxygen atoms in total. The van der Waals surface area contributed by atoms with Gasteiger partial charge in [0.05, 0.1) is 34.2 Å². The van der Waals surface area contributed by atoms with Gasteiger partial charge in [-0.05, 0) is 29.9 Å². The van der Waals surface area contributed by atoms with Crippen molar-refractivity contribution in [3.05, 3.63) is 76.5 Å².